The molecule has 0 aliphatic carbocycles. The molecule has 0 amide bonds. The van der Waals surface area contributed by atoms with Gasteiger partial charge in [0.1, 0.15) is 36.2 Å². The Kier molecular flexibility index (Phi) is 17.0. The molecule has 0 aromatic heterocycles. The Balaban J connectivity index is 1.94. The predicted octanol–water partition coefficient (Wildman–Crippen LogP) is 16.8. The average molecular weight is 1050 g/mol. The third-order valence-corrected chi connectivity index (χ3v) is 27.4. The largest absolute Gasteiger partial charge is 0.518 e. The lowest BCUT2D eigenvalue weighted by atomic mass is 9.87. The molecule has 2 aliphatic rings. The molecule has 6 rings (SSSR count). The average Bonchev–Trinajstić information content (AvgIpc) is 3.21. The van der Waals surface area contributed by atoms with E-state index >= 15 is 0 Å². The molecular weight excluding hydrogens is 965 g/mol. The number of rotatable bonds is 10. The maximum absolute atomic E-state index is 8.20. The van der Waals surface area contributed by atoms with Crippen molar-refractivity contribution in [2.24, 2.45) is 11.5 Å². The van der Waals surface area contributed by atoms with Gasteiger partial charge in [-0.2, -0.15) is 0 Å². The van der Waals surface area contributed by atoms with Crippen molar-refractivity contribution in [1.29, 1.82) is 0 Å². The van der Waals surface area contributed by atoms with E-state index in [0.29, 0.717) is 26.3 Å². The normalized spacial score (nSPS) is 16.3. The SMILES string of the molecule is CC(C)[Si]1(C(C)C)Oc2c3cc(C(C)(C)C)cc2Sc2cc(C(C)(C)C)cc(c2O[Si](C(C)C)(C(C)C)O1)Sc1cc(C(C)(C)C)cc(c1OCCN)Sc1cc(C(C)(C)C)cc(c1OCCN)S3. The predicted molar refractivity (Wildman–Crippen MR) is 300 cm³/mol. The summed E-state index contributed by atoms with van der Waals surface area (Å²) in [5.41, 5.74) is 17.0. The zero-order valence-corrected chi connectivity index (χ0v) is 50.9. The molecule has 0 fully saturated rings. The second-order valence-corrected chi connectivity index (χ2v) is 37.3. The molecule has 0 saturated carbocycles. The number of hydrogen-bond donors (Lipinski definition) is 2. The molecule has 2 aliphatic heterocycles. The molecule has 0 spiro atoms. The van der Waals surface area contributed by atoms with Crippen molar-refractivity contribution in [2.45, 2.75) is 221 Å². The fourth-order valence-electron chi connectivity index (χ4n) is 8.81. The van der Waals surface area contributed by atoms with E-state index in [-0.39, 0.29) is 43.8 Å². The van der Waals surface area contributed by atoms with Gasteiger partial charge in [0.2, 0.25) is 0 Å². The maximum Gasteiger partial charge on any atom is 0.396 e. The number of hydrogen-bond acceptors (Lipinski definition) is 11. The van der Waals surface area contributed by atoms with Crippen molar-refractivity contribution < 1.29 is 22.4 Å². The maximum atomic E-state index is 8.20. The molecule has 10 bridgehead atoms. The van der Waals surface area contributed by atoms with Gasteiger partial charge in [0.25, 0.3) is 0 Å². The van der Waals surface area contributed by atoms with Crippen LogP contribution in [0.5, 0.6) is 23.0 Å². The fraction of sp³-hybridized carbons (Fsp3) is 0.571. The minimum absolute atomic E-state index is 0.0848. The van der Waals surface area contributed by atoms with Crippen molar-refractivity contribution >= 4 is 64.2 Å². The number of ether oxygens (including phenoxy) is 2. The van der Waals surface area contributed by atoms with Gasteiger partial charge in [0.15, 0.2) is 0 Å². The summed E-state index contributed by atoms with van der Waals surface area (Å²) in [6.45, 7) is 47.4. The lowest BCUT2D eigenvalue weighted by molar-refractivity contribution is 0.266. The van der Waals surface area contributed by atoms with Gasteiger partial charge in [0.05, 0.1) is 39.2 Å². The molecule has 13 heteroatoms. The van der Waals surface area contributed by atoms with Gasteiger partial charge in [-0.15, -0.1) is 0 Å². The Labute approximate surface area is 436 Å². The highest BCUT2D eigenvalue weighted by Crippen LogP contribution is 2.59. The molecule has 69 heavy (non-hydrogen) atoms. The van der Waals surface area contributed by atoms with Crippen LogP contribution in [0.3, 0.4) is 0 Å². The van der Waals surface area contributed by atoms with Crippen LogP contribution in [-0.4, -0.2) is 43.4 Å². The molecule has 0 saturated heterocycles. The summed E-state index contributed by atoms with van der Waals surface area (Å²) in [7, 11) is -6.52. The minimum Gasteiger partial charge on any atom is -0.518 e. The van der Waals surface area contributed by atoms with Crippen molar-refractivity contribution in [1.82, 2.24) is 0 Å². The summed E-state index contributed by atoms with van der Waals surface area (Å²) in [6.07, 6.45) is 0. The van der Waals surface area contributed by atoms with E-state index in [1.54, 1.807) is 47.0 Å². The number of fused-ring (bicyclic) bond motifs is 4. The molecule has 0 atom stereocenters. The van der Waals surface area contributed by atoms with E-state index in [1.165, 1.54) is 22.3 Å². The topological polar surface area (TPSA) is 98.2 Å². The molecule has 0 unspecified atom stereocenters. The third kappa shape index (κ3) is 11.9. The van der Waals surface area contributed by atoms with E-state index < -0.39 is 17.1 Å². The zero-order valence-electron chi connectivity index (χ0n) is 45.6. The molecule has 2 heterocycles. The molecule has 4 N–H and O–H groups in total. The van der Waals surface area contributed by atoms with E-state index in [1.807, 2.05) is 0 Å². The summed E-state index contributed by atoms with van der Waals surface area (Å²) >= 11 is 6.95. The Morgan fingerprint density at radius 2 is 0.623 bits per heavy atom. The third-order valence-electron chi connectivity index (χ3n) is 13.2. The summed E-state index contributed by atoms with van der Waals surface area (Å²) in [5.74, 6) is 3.34. The first-order valence-corrected chi connectivity index (χ1v) is 32.3. The van der Waals surface area contributed by atoms with Crippen molar-refractivity contribution in [3.05, 3.63) is 70.8 Å². The summed E-state index contributed by atoms with van der Waals surface area (Å²) in [5, 5.41) is 0. The highest BCUT2D eigenvalue weighted by molar-refractivity contribution is 8.01. The molecule has 4 aromatic carbocycles. The van der Waals surface area contributed by atoms with Crippen LogP contribution >= 0.6 is 47.0 Å². The number of benzene rings is 4. The Bertz CT molecular complexity index is 2310. The van der Waals surface area contributed by atoms with Crippen LogP contribution in [0.25, 0.3) is 0 Å². The first kappa shape index (κ1) is 56.1. The molecule has 7 nitrogen and oxygen atoms in total. The van der Waals surface area contributed by atoms with Gasteiger partial charge in [-0.25, -0.2) is 0 Å². The van der Waals surface area contributed by atoms with Crippen LogP contribution in [-0.2, 0) is 25.8 Å². The minimum atomic E-state index is -3.26. The fourth-order valence-corrected chi connectivity index (χ4v) is 24.6. The van der Waals surface area contributed by atoms with Crippen LogP contribution in [0.15, 0.2) is 87.7 Å². The zero-order chi connectivity index (χ0) is 51.4. The lowest BCUT2D eigenvalue weighted by Gasteiger charge is -2.48. The monoisotopic (exact) mass is 1050 g/mol. The van der Waals surface area contributed by atoms with Gasteiger partial charge in [-0.1, -0.05) is 186 Å². The van der Waals surface area contributed by atoms with Crippen molar-refractivity contribution in [2.75, 3.05) is 26.3 Å². The van der Waals surface area contributed by atoms with Gasteiger partial charge < -0.3 is 33.9 Å². The highest BCUT2D eigenvalue weighted by Gasteiger charge is 2.60. The number of nitrogens with two attached hydrogens (primary N) is 2. The first-order valence-electron chi connectivity index (χ1n) is 25.1. The van der Waals surface area contributed by atoms with Crippen LogP contribution in [0.2, 0.25) is 22.2 Å². The summed E-state index contributed by atoms with van der Waals surface area (Å²) in [6, 6.07) is 18.8. The van der Waals surface area contributed by atoms with E-state index in [4.69, 9.17) is 33.9 Å². The van der Waals surface area contributed by atoms with E-state index in [9.17, 15) is 0 Å². The smallest absolute Gasteiger partial charge is 0.396 e. The quantitative estimate of drug-likeness (QED) is 0.131. The Hall–Kier alpha value is -2.21. The second kappa shape index (κ2) is 21.0. The van der Waals surface area contributed by atoms with Crippen molar-refractivity contribution in [3.63, 3.8) is 0 Å². The van der Waals surface area contributed by atoms with Gasteiger partial charge in [-0.05, 0) is 92.4 Å². The summed E-state index contributed by atoms with van der Waals surface area (Å²) in [4.78, 5) is 8.17. The first-order chi connectivity index (χ1) is 31.9. The summed E-state index contributed by atoms with van der Waals surface area (Å²) < 4.78 is 38.1. The van der Waals surface area contributed by atoms with E-state index in [0.717, 1.165) is 62.2 Å². The van der Waals surface area contributed by atoms with Gasteiger partial charge >= 0.3 is 17.1 Å². The second-order valence-electron chi connectivity index (χ2n) is 24.3. The van der Waals surface area contributed by atoms with Crippen LogP contribution in [0.4, 0.5) is 0 Å². The molecular formula is C56H84N2O5S4Si2. The van der Waals surface area contributed by atoms with Crippen LogP contribution < -0.4 is 29.8 Å². The molecule has 380 valence electrons. The van der Waals surface area contributed by atoms with Crippen LogP contribution in [0.1, 0.15) is 161 Å². The Morgan fingerprint density at radius 1 is 0.406 bits per heavy atom. The van der Waals surface area contributed by atoms with Crippen LogP contribution in [0, 0.1) is 0 Å². The van der Waals surface area contributed by atoms with E-state index in [2.05, 4.69) is 187 Å². The Morgan fingerprint density at radius 3 is 0.841 bits per heavy atom. The highest BCUT2D eigenvalue weighted by atomic mass is 32.2. The molecule has 4 aromatic rings. The molecule has 0 radical (unpaired) electrons. The van der Waals surface area contributed by atoms with Gasteiger partial charge in [-0.3, -0.25) is 0 Å². The lowest BCUT2D eigenvalue weighted by Crippen LogP contribution is -2.64. The standard InChI is InChI=1S/C56H84N2O5S4Si2/c1-33(2)68(34(3)4)61-51-45-29-39(55(15,16)17)31-47(51)67-48-32-40(56(18,19)20)30-46(52(48)62-69(63-68,35(5)6)36(7)8)66-44-28-38(54(12,13)14)26-42(50(44)60-24-22-58)64-41-25-37(53(9,10)11)27-43(65-45)49(41)59-23-21-57/h25-36H,21-24,57-58H2,1-20H3. The van der Waals surface area contributed by atoms with Crippen molar-refractivity contribution in [3.8, 4) is 23.0 Å². The van der Waals surface area contributed by atoms with Gasteiger partial charge in [0, 0.05) is 35.3 Å².